The molecule has 5 heteroatoms. The van der Waals surface area contributed by atoms with Gasteiger partial charge in [0.25, 0.3) is 0 Å². The van der Waals surface area contributed by atoms with Crippen LogP contribution in [0.1, 0.15) is 38.1 Å². The van der Waals surface area contributed by atoms with Gasteiger partial charge in [0, 0.05) is 0 Å². The first kappa shape index (κ1) is 15.9. The Labute approximate surface area is 129 Å². The molecule has 4 nitrogen and oxygen atoms in total. The van der Waals surface area contributed by atoms with Gasteiger partial charge >= 0.3 is 5.97 Å². The van der Waals surface area contributed by atoms with Crippen molar-refractivity contribution < 1.29 is 14.7 Å². The minimum Gasteiger partial charge on any atom is -0.480 e. The predicted octanol–water partition coefficient (Wildman–Crippen LogP) is 3.15. The Bertz CT molecular complexity index is 518. The van der Waals surface area contributed by atoms with Crippen molar-refractivity contribution >= 4 is 23.6 Å². The summed E-state index contributed by atoms with van der Waals surface area (Å²) in [5, 5.41) is 9.13. The van der Waals surface area contributed by atoms with Crippen LogP contribution in [-0.4, -0.2) is 33.2 Å². The van der Waals surface area contributed by atoms with Gasteiger partial charge in [-0.15, -0.1) is 11.8 Å². The van der Waals surface area contributed by atoms with Crippen molar-refractivity contribution in [3.63, 3.8) is 0 Å². The van der Waals surface area contributed by atoms with Gasteiger partial charge in [-0.3, -0.25) is 4.79 Å². The molecule has 0 spiro atoms. The molecule has 1 heterocycles. The number of carboxylic acid groups (broad SMARTS) is 1. The van der Waals surface area contributed by atoms with Crippen molar-refractivity contribution in [2.75, 3.05) is 0 Å². The van der Waals surface area contributed by atoms with E-state index in [1.165, 1.54) is 11.8 Å². The molecular weight excluding hydrogens is 286 g/mol. The third kappa shape index (κ3) is 3.40. The lowest BCUT2D eigenvalue weighted by Crippen LogP contribution is -2.45. The van der Waals surface area contributed by atoms with E-state index in [1.807, 2.05) is 51.1 Å². The van der Waals surface area contributed by atoms with Crippen LogP contribution >= 0.6 is 11.8 Å². The summed E-state index contributed by atoms with van der Waals surface area (Å²) >= 11 is 1.52. The number of hydrogen-bond acceptors (Lipinski definition) is 3. The lowest BCUT2D eigenvalue weighted by molar-refractivity contribution is -0.150. The van der Waals surface area contributed by atoms with Gasteiger partial charge in [-0.05, 0) is 24.8 Å². The number of benzene rings is 1. The number of carbonyl (C=O) groups excluding carboxylic acids is 1. The van der Waals surface area contributed by atoms with Crippen LogP contribution < -0.4 is 0 Å². The van der Waals surface area contributed by atoms with Gasteiger partial charge in [-0.25, -0.2) is 4.79 Å². The molecule has 1 saturated heterocycles. The summed E-state index contributed by atoms with van der Waals surface area (Å²) in [4.78, 5) is 25.7. The van der Waals surface area contributed by atoms with E-state index in [1.54, 1.807) is 4.90 Å². The topological polar surface area (TPSA) is 57.6 Å². The molecule has 1 N–H and O–H groups in total. The summed E-state index contributed by atoms with van der Waals surface area (Å²) in [5.74, 6) is -0.786. The second-order valence-electron chi connectivity index (χ2n) is 5.77. The van der Waals surface area contributed by atoms with Gasteiger partial charge in [0.05, 0.1) is 5.25 Å². The zero-order chi connectivity index (χ0) is 15.6. The summed E-state index contributed by atoms with van der Waals surface area (Å²) in [6.45, 7) is 5.80. The average Bonchev–Trinajstić information content (AvgIpc) is 2.73. The van der Waals surface area contributed by atoms with Crippen LogP contribution in [0.25, 0.3) is 0 Å². The Morgan fingerprint density at radius 3 is 2.48 bits per heavy atom. The Balaban J connectivity index is 2.35. The third-order valence-corrected chi connectivity index (χ3v) is 4.96. The number of amides is 1. The number of carboxylic acids is 1. The Morgan fingerprint density at radius 2 is 1.95 bits per heavy atom. The third-order valence-electron chi connectivity index (χ3n) is 3.59. The highest BCUT2D eigenvalue weighted by atomic mass is 32.2. The fourth-order valence-corrected chi connectivity index (χ4v) is 3.92. The van der Waals surface area contributed by atoms with Crippen LogP contribution in [0, 0.1) is 5.92 Å². The van der Waals surface area contributed by atoms with Gasteiger partial charge in [0.1, 0.15) is 11.4 Å². The minimum absolute atomic E-state index is 0.0816. The molecule has 1 aliphatic rings. The first-order chi connectivity index (χ1) is 9.91. The molecule has 0 bridgehead atoms. The van der Waals surface area contributed by atoms with E-state index in [9.17, 15) is 14.7 Å². The van der Waals surface area contributed by atoms with Crippen LogP contribution in [-0.2, 0) is 9.59 Å². The zero-order valence-corrected chi connectivity index (χ0v) is 13.3. The lowest BCUT2D eigenvalue weighted by atomic mass is 10.0. The molecule has 3 atom stereocenters. The monoisotopic (exact) mass is 307 g/mol. The van der Waals surface area contributed by atoms with Crippen molar-refractivity contribution in [1.82, 2.24) is 4.90 Å². The maximum atomic E-state index is 12.5. The minimum atomic E-state index is -0.923. The van der Waals surface area contributed by atoms with E-state index >= 15 is 0 Å². The fourth-order valence-electron chi connectivity index (χ4n) is 2.60. The van der Waals surface area contributed by atoms with Crippen LogP contribution in [0.3, 0.4) is 0 Å². The Kier molecular flexibility index (Phi) is 4.93. The highest BCUT2D eigenvalue weighted by molar-refractivity contribution is 8.01. The molecule has 0 radical (unpaired) electrons. The van der Waals surface area contributed by atoms with Crippen LogP contribution in [0.2, 0.25) is 0 Å². The molecule has 114 valence electrons. The SMILES string of the molecule is CC(C)C[C@@H](C(=O)O)N1C(=O)C(C)SC1c1ccccc1. The number of hydrogen-bond donors (Lipinski definition) is 1. The number of carbonyl (C=O) groups is 2. The first-order valence-electron chi connectivity index (χ1n) is 7.17. The van der Waals surface area contributed by atoms with Crippen LogP contribution in [0.5, 0.6) is 0 Å². The quantitative estimate of drug-likeness (QED) is 0.908. The van der Waals surface area contributed by atoms with Crippen molar-refractivity contribution in [2.45, 2.75) is 43.9 Å². The normalized spacial score (nSPS) is 23.6. The van der Waals surface area contributed by atoms with Crippen LogP contribution in [0.4, 0.5) is 0 Å². The summed E-state index contributed by atoms with van der Waals surface area (Å²) in [6.07, 6.45) is 0.470. The number of rotatable bonds is 5. The highest BCUT2D eigenvalue weighted by Crippen LogP contribution is 2.44. The van der Waals surface area contributed by atoms with E-state index in [-0.39, 0.29) is 22.4 Å². The van der Waals surface area contributed by atoms with E-state index < -0.39 is 12.0 Å². The maximum absolute atomic E-state index is 12.5. The standard InChI is InChI=1S/C16H21NO3S/c1-10(2)9-13(16(19)20)17-14(18)11(3)21-15(17)12-7-5-4-6-8-12/h4-8,10-11,13,15H,9H2,1-3H3,(H,19,20)/t11?,13-,15?/m0/s1. The van der Waals surface area contributed by atoms with Crippen molar-refractivity contribution in [1.29, 1.82) is 0 Å². The molecule has 2 unspecified atom stereocenters. The predicted molar refractivity (Wildman–Crippen MR) is 84.0 cm³/mol. The molecular formula is C16H21NO3S. The zero-order valence-electron chi connectivity index (χ0n) is 12.5. The summed E-state index contributed by atoms with van der Waals surface area (Å²) in [7, 11) is 0. The number of thioether (sulfide) groups is 1. The highest BCUT2D eigenvalue weighted by Gasteiger charge is 2.44. The van der Waals surface area contributed by atoms with Crippen molar-refractivity contribution in [2.24, 2.45) is 5.92 Å². The molecule has 1 aromatic carbocycles. The van der Waals surface area contributed by atoms with E-state index in [0.717, 1.165) is 5.56 Å². The van der Waals surface area contributed by atoms with Gasteiger partial charge in [0.15, 0.2) is 0 Å². The fraction of sp³-hybridized carbons (Fsp3) is 0.500. The van der Waals surface area contributed by atoms with E-state index in [4.69, 9.17) is 0 Å². The second kappa shape index (κ2) is 6.52. The molecule has 1 fully saturated rings. The van der Waals surface area contributed by atoms with Gasteiger partial charge < -0.3 is 10.0 Å². The largest absolute Gasteiger partial charge is 0.480 e. The Morgan fingerprint density at radius 1 is 1.33 bits per heavy atom. The maximum Gasteiger partial charge on any atom is 0.326 e. The average molecular weight is 307 g/mol. The number of nitrogens with zero attached hydrogens (tertiary/aromatic N) is 1. The molecule has 0 aliphatic carbocycles. The van der Waals surface area contributed by atoms with Crippen molar-refractivity contribution in [3.05, 3.63) is 35.9 Å². The smallest absolute Gasteiger partial charge is 0.326 e. The van der Waals surface area contributed by atoms with E-state index in [2.05, 4.69) is 0 Å². The Hall–Kier alpha value is -1.49. The molecule has 0 aromatic heterocycles. The summed E-state index contributed by atoms with van der Waals surface area (Å²) < 4.78 is 0. The van der Waals surface area contributed by atoms with Gasteiger partial charge in [0.2, 0.25) is 5.91 Å². The first-order valence-corrected chi connectivity index (χ1v) is 8.11. The summed E-state index contributed by atoms with van der Waals surface area (Å²) in [5.41, 5.74) is 0.982. The molecule has 1 aromatic rings. The molecule has 2 rings (SSSR count). The molecule has 1 aliphatic heterocycles. The van der Waals surface area contributed by atoms with Gasteiger partial charge in [-0.1, -0.05) is 44.2 Å². The van der Waals surface area contributed by atoms with E-state index in [0.29, 0.717) is 6.42 Å². The molecule has 0 saturated carbocycles. The second-order valence-corrected chi connectivity index (χ2v) is 7.20. The van der Waals surface area contributed by atoms with Gasteiger partial charge in [-0.2, -0.15) is 0 Å². The number of aliphatic carboxylic acids is 1. The van der Waals surface area contributed by atoms with Crippen molar-refractivity contribution in [3.8, 4) is 0 Å². The van der Waals surface area contributed by atoms with Crippen LogP contribution in [0.15, 0.2) is 30.3 Å². The molecule has 21 heavy (non-hydrogen) atoms. The molecule has 1 amide bonds. The summed E-state index contributed by atoms with van der Waals surface area (Å²) in [6, 6.07) is 8.88. The lowest BCUT2D eigenvalue weighted by Gasteiger charge is -2.31.